The van der Waals surface area contributed by atoms with Crippen molar-refractivity contribution in [2.45, 2.75) is 57.7 Å². The van der Waals surface area contributed by atoms with Gasteiger partial charge in [0.25, 0.3) is 6.08 Å². The Kier molecular flexibility index (Phi) is 3.73. The van der Waals surface area contributed by atoms with Crippen LogP contribution < -0.4 is 0 Å². The molecular formula is C11H20N2O3. The molecule has 5 nitrogen and oxygen atoms in total. The maximum Gasteiger partial charge on any atom is 0.276 e. The lowest BCUT2D eigenvalue weighted by Crippen LogP contribution is -2.61. The maximum absolute atomic E-state index is 10.0. The molecule has 0 aliphatic carbocycles. The molecule has 0 bridgehead atoms. The first-order valence-electron chi connectivity index (χ1n) is 5.41. The van der Waals surface area contributed by atoms with Crippen LogP contribution in [-0.2, 0) is 14.5 Å². The summed E-state index contributed by atoms with van der Waals surface area (Å²) < 4.78 is 0. The van der Waals surface area contributed by atoms with E-state index in [0.717, 1.165) is 12.8 Å². The lowest BCUT2D eigenvalue weighted by atomic mass is 9.80. The second kappa shape index (κ2) is 4.53. The van der Waals surface area contributed by atoms with Crippen LogP contribution in [0.3, 0.4) is 0 Å². The van der Waals surface area contributed by atoms with Crippen molar-refractivity contribution < 1.29 is 14.5 Å². The Balaban J connectivity index is 2.84. The lowest BCUT2D eigenvalue weighted by Gasteiger charge is -2.52. The second-order valence-corrected chi connectivity index (χ2v) is 5.42. The summed E-state index contributed by atoms with van der Waals surface area (Å²) in [5, 5.41) is 5.19. The predicted molar refractivity (Wildman–Crippen MR) is 59.2 cm³/mol. The van der Waals surface area contributed by atoms with Gasteiger partial charge in [0.1, 0.15) is 6.10 Å². The van der Waals surface area contributed by atoms with Gasteiger partial charge in [0, 0.05) is 29.1 Å². The van der Waals surface area contributed by atoms with E-state index < -0.39 is 0 Å². The molecular weight excluding hydrogens is 208 g/mol. The molecule has 1 saturated heterocycles. The van der Waals surface area contributed by atoms with Gasteiger partial charge in [-0.05, 0) is 27.7 Å². The highest BCUT2D eigenvalue weighted by molar-refractivity contribution is 5.31. The Morgan fingerprint density at radius 1 is 1.25 bits per heavy atom. The molecule has 0 atom stereocenters. The van der Waals surface area contributed by atoms with Gasteiger partial charge in [-0.2, -0.15) is 5.06 Å². The number of rotatable bonds is 3. The first kappa shape index (κ1) is 13.2. The van der Waals surface area contributed by atoms with Crippen molar-refractivity contribution in [3.8, 4) is 0 Å². The summed E-state index contributed by atoms with van der Waals surface area (Å²) in [4.78, 5) is 20.6. The van der Waals surface area contributed by atoms with Crippen LogP contribution in [0.1, 0.15) is 40.5 Å². The Bertz CT molecular complexity index is 278. The van der Waals surface area contributed by atoms with E-state index in [0.29, 0.717) is 0 Å². The molecule has 1 fully saturated rings. The van der Waals surface area contributed by atoms with Gasteiger partial charge in [0.05, 0.1) is 7.11 Å². The van der Waals surface area contributed by atoms with Crippen molar-refractivity contribution >= 4 is 6.08 Å². The summed E-state index contributed by atoms with van der Waals surface area (Å²) in [7, 11) is 1.67. The first-order chi connectivity index (χ1) is 7.33. The molecule has 1 aliphatic rings. The zero-order chi connectivity index (χ0) is 12.4. The Labute approximate surface area is 96.3 Å². The van der Waals surface area contributed by atoms with Crippen LogP contribution in [0.2, 0.25) is 0 Å². The molecule has 0 aromatic carbocycles. The van der Waals surface area contributed by atoms with Gasteiger partial charge in [-0.3, -0.25) is 0 Å². The monoisotopic (exact) mass is 228 g/mol. The predicted octanol–water partition coefficient (Wildman–Crippen LogP) is 1.84. The van der Waals surface area contributed by atoms with Gasteiger partial charge in [-0.25, -0.2) is 4.79 Å². The van der Waals surface area contributed by atoms with Gasteiger partial charge in [-0.15, -0.1) is 0 Å². The second-order valence-electron chi connectivity index (χ2n) is 5.42. The van der Waals surface area contributed by atoms with Gasteiger partial charge in [0.2, 0.25) is 0 Å². The fourth-order valence-electron chi connectivity index (χ4n) is 2.84. The summed E-state index contributed by atoms with van der Waals surface area (Å²) in [6, 6.07) is 0. The van der Waals surface area contributed by atoms with E-state index >= 15 is 0 Å². The van der Waals surface area contributed by atoms with E-state index in [4.69, 9.17) is 9.68 Å². The van der Waals surface area contributed by atoms with E-state index in [1.165, 1.54) is 6.08 Å². The van der Waals surface area contributed by atoms with Gasteiger partial charge in [-0.1, -0.05) is 0 Å². The fourth-order valence-corrected chi connectivity index (χ4v) is 2.84. The van der Waals surface area contributed by atoms with Crippen LogP contribution in [-0.4, -0.2) is 35.4 Å². The number of hydrogen-bond donors (Lipinski definition) is 0. The van der Waals surface area contributed by atoms with E-state index in [9.17, 15) is 4.79 Å². The minimum Gasteiger partial charge on any atom is -0.383 e. The van der Waals surface area contributed by atoms with E-state index in [-0.39, 0.29) is 17.2 Å². The van der Waals surface area contributed by atoms with Crippen LogP contribution in [0.15, 0.2) is 5.16 Å². The summed E-state index contributed by atoms with van der Waals surface area (Å²) in [6.45, 7) is 8.33. The summed E-state index contributed by atoms with van der Waals surface area (Å²) in [5.74, 6) is 0. The topological polar surface area (TPSA) is 51.1 Å². The van der Waals surface area contributed by atoms with Crippen LogP contribution >= 0.6 is 0 Å². The highest BCUT2D eigenvalue weighted by Gasteiger charge is 2.47. The number of isocyanates is 1. The number of nitrogens with zero attached hydrogens (tertiary/aromatic N) is 2. The highest BCUT2D eigenvalue weighted by atomic mass is 16.7. The Hall–Kier alpha value is -0.900. The van der Waals surface area contributed by atoms with Crippen LogP contribution in [0.25, 0.3) is 0 Å². The average molecular weight is 228 g/mol. The third kappa shape index (κ3) is 2.61. The zero-order valence-electron chi connectivity index (χ0n) is 10.6. The third-order valence-electron chi connectivity index (χ3n) is 2.98. The highest BCUT2D eigenvalue weighted by Crippen LogP contribution is 2.39. The van der Waals surface area contributed by atoms with Crippen molar-refractivity contribution in [3.63, 3.8) is 0 Å². The summed E-state index contributed by atoms with van der Waals surface area (Å²) in [5.41, 5.74) is -0.306. The largest absolute Gasteiger partial charge is 0.383 e. The van der Waals surface area contributed by atoms with Crippen molar-refractivity contribution in [1.82, 2.24) is 5.06 Å². The third-order valence-corrected chi connectivity index (χ3v) is 2.98. The first-order valence-corrected chi connectivity index (χ1v) is 5.41. The molecule has 0 saturated carbocycles. The summed E-state index contributed by atoms with van der Waals surface area (Å²) >= 11 is 0. The molecule has 1 rings (SSSR count). The smallest absolute Gasteiger partial charge is 0.276 e. The number of hydroxylamine groups is 2. The van der Waals surface area contributed by atoms with Crippen LogP contribution in [0.5, 0.6) is 0 Å². The zero-order valence-corrected chi connectivity index (χ0v) is 10.6. The standard InChI is InChI=1S/C11H20N2O3/c1-10(2)6-9(16-12-8-14)7-11(3,4)13(10)15-5/h9H,6-7H2,1-5H3. The SMILES string of the molecule is CON1C(C)(C)CC(ON=C=O)CC1(C)C. The number of carbonyl (C=O) groups excluding carboxylic acids is 1. The van der Waals surface area contributed by atoms with Crippen LogP contribution in [0, 0.1) is 0 Å². The van der Waals surface area contributed by atoms with E-state index in [1.54, 1.807) is 7.11 Å². The minimum absolute atomic E-state index is 0.0714. The molecule has 0 aromatic heterocycles. The van der Waals surface area contributed by atoms with Gasteiger partial charge < -0.3 is 9.68 Å². The summed E-state index contributed by atoms with van der Waals surface area (Å²) in [6.07, 6.45) is 2.85. The molecule has 1 aliphatic heterocycles. The van der Waals surface area contributed by atoms with Gasteiger partial charge >= 0.3 is 0 Å². The molecule has 1 heterocycles. The van der Waals surface area contributed by atoms with Crippen molar-refractivity contribution in [1.29, 1.82) is 0 Å². The number of piperidine rings is 1. The Morgan fingerprint density at radius 2 is 1.75 bits per heavy atom. The molecule has 5 heteroatoms. The normalized spacial score (nSPS) is 24.8. The maximum atomic E-state index is 10.0. The minimum atomic E-state index is -0.153. The molecule has 0 amide bonds. The molecule has 0 spiro atoms. The molecule has 0 N–H and O–H groups in total. The lowest BCUT2D eigenvalue weighted by molar-refractivity contribution is -0.280. The molecule has 92 valence electrons. The quantitative estimate of drug-likeness (QED) is 0.420. The molecule has 0 unspecified atom stereocenters. The van der Waals surface area contributed by atoms with Crippen LogP contribution in [0.4, 0.5) is 0 Å². The fraction of sp³-hybridized carbons (Fsp3) is 0.909. The van der Waals surface area contributed by atoms with E-state index in [2.05, 4.69) is 32.9 Å². The van der Waals surface area contributed by atoms with E-state index in [1.807, 2.05) is 5.06 Å². The number of hydrogen-bond acceptors (Lipinski definition) is 5. The Morgan fingerprint density at radius 3 is 2.12 bits per heavy atom. The van der Waals surface area contributed by atoms with Crippen molar-refractivity contribution in [2.75, 3.05) is 7.11 Å². The average Bonchev–Trinajstić information content (AvgIpc) is 2.11. The van der Waals surface area contributed by atoms with Gasteiger partial charge in [0.15, 0.2) is 0 Å². The van der Waals surface area contributed by atoms with Crippen molar-refractivity contribution in [2.24, 2.45) is 5.16 Å². The molecule has 0 aromatic rings. The molecule has 16 heavy (non-hydrogen) atoms. The molecule has 0 radical (unpaired) electrons. The van der Waals surface area contributed by atoms with Crippen molar-refractivity contribution in [3.05, 3.63) is 0 Å².